The summed E-state index contributed by atoms with van der Waals surface area (Å²) < 4.78 is 44.9. The van der Waals surface area contributed by atoms with Gasteiger partial charge < -0.3 is 21.5 Å². The maximum Gasteiger partial charge on any atom is 0.416 e. The lowest BCUT2D eigenvalue weighted by atomic mass is 10.1. The van der Waals surface area contributed by atoms with Crippen molar-refractivity contribution in [3.8, 4) is 5.75 Å². The summed E-state index contributed by atoms with van der Waals surface area (Å²) in [4.78, 5) is 27.9. The predicted molar refractivity (Wildman–Crippen MR) is 125 cm³/mol. The molecule has 0 fully saturated rings. The van der Waals surface area contributed by atoms with Crippen LogP contribution in [0.1, 0.15) is 32.0 Å². The minimum atomic E-state index is -4.59. The first kappa shape index (κ1) is 23.6. The van der Waals surface area contributed by atoms with Gasteiger partial charge in [-0.3, -0.25) is 14.6 Å². The number of hydrogen-bond donors (Lipinski definition) is 3. The van der Waals surface area contributed by atoms with E-state index in [0.717, 1.165) is 17.5 Å². The van der Waals surface area contributed by atoms with Crippen LogP contribution in [0.3, 0.4) is 0 Å². The molecular formula is C25H19F3N4O3. The first-order valence-corrected chi connectivity index (χ1v) is 10.3. The molecule has 5 N–H and O–H groups in total. The fourth-order valence-electron chi connectivity index (χ4n) is 3.41. The third kappa shape index (κ3) is 5.67. The minimum absolute atomic E-state index is 0.0628. The van der Waals surface area contributed by atoms with Crippen LogP contribution in [0.25, 0.3) is 10.8 Å². The molecule has 0 unspecified atom stereocenters. The zero-order valence-electron chi connectivity index (χ0n) is 18.1. The Kier molecular flexibility index (Phi) is 6.28. The summed E-state index contributed by atoms with van der Waals surface area (Å²) >= 11 is 0. The number of pyridine rings is 1. The van der Waals surface area contributed by atoms with Crippen LogP contribution >= 0.6 is 0 Å². The summed E-state index contributed by atoms with van der Waals surface area (Å²) in [5.74, 6) is -0.720. The standard InChI is InChI=1S/C25H19F3N4O3/c26-25(27,28)18-10-19(29)12-20(11-18)32-24(34)16-2-1-15-3-4-21(9-17(15)8-16)35-13-14-5-6-31-22(7-14)23(30)33/h1-12H,13,29H2,(H2,30,33)(H,32,34). The van der Waals surface area contributed by atoms with Crippen molar-refractivity contribution < 1.29 is 27.5 Å². The number of fused-ring (bicyclic) bond motifs is 1. The van der Waals surface area contributed by atoms with Gasteiger partial charge in [0.05, 0.1) is 5.56 Å². The Balaban J connectivity index is 1.52. The summed E-state index contributed by atoms with van der Waals surface area (Å²) in [6, 6.07) is 16.3. The van der Waals surface area contributed by atoms with Crippen molar-refractivity contribution in [2.24, 2.45) is 5.73 Å². The molecule has 1 aromatic heterocycles. The Morgan fingerprint density at radius 3 is 2.46 bits per heavy atom. The molecule has 4 rings (SSSR count). The highest BCUT2D eigenvalue weighted by atomic mass is 19.4. The van der Waals surface area contributed by atoms with Crippen molar-refractivity contribution in [2.45, 2.75) is 12.8 Å². The molecule has 0 aliphatic carbocycles. The first-order chi connectivity index (χ1) is 16.6. The number of nitrogens with one attached hydrogen (secondary N) is 1. The molecule has 0 aliphatic heterocycles. The highest BCUT2D eigenvalue weighted by molar-refractivity contribution is 6.06. The van der Waals surface area contributed by atoms with Crippen LogP contribution in [0.2, 0.25) is 0 Å². The highest BCUT2D eigenvalue weighted by Gasteiger charge is 2.31. The lowest BCUT2D eigenvalue weighted by Gasteiger charge is -2.12. The largest absolute Gasteiger partial charge is 0.489 e. The van der Waals surface area contributed by atoms with E-state index >= 15 is 0 Å². The zero-order valence-corrected chi connectivity index (χ0v) is 18.1. The summed E-state index contributed by atoms with van der Waals surface area (Å²) in [6.45, 7) is 0.158. The normalized spacial score (nSPS) is 11.3. The summed E-state index contributed by atoms with van der Waals surface area (Å²) in [7, 11) is 0. The van der Waals surface area contributed by atoms with E-state index in [9.17, 15) is 22.8 Å². The second-order valence-corrected chi connectivity index (χ2v) is 7.72. The maximum absolute atomic E-state index is 13.0. The van der Waals surface area contributed by atoms with E-state index in [-0.39, 0.29) is 29.2 Å². The van der Waals surface area contributed by atoms with E-state index < -0.39 is 23.6 Å². The van der Waals surface area contributed by atoms with Crippen LogP contribution in [-0.4, -0.2) is 16.8 Å². The van der Waals surface area contributed by atoms with Gasteiger partial charge in [-0.1, -0.05) is 12.1 Å². The molecule has 0 bridgehead atoms. The summed E-state index contributed by atoms with van der Waals surface area (Å²) in [5.41, 5.74) is 10.7. The molecule has 2 amide bonds. The lowest BCUT2D eigenvalue weighted by molar-refractivity contribution is -0.137. The number of nitrogens with zero attached hydrogens (tertiary/aromatic N) is 1. The molecule has 3 aromatic carbocycles. The van der Waals surface area contributed by atoms with E-state index in [1.807, 2.05) is 0 Å². The average Bonchev–Trinajstić information content (AvgIpc) is 2.81. The SMILES string of the molecule is NC(=O)c1cc(COc2ccc3ccc(C(=O)Nc4cc(N)cc(C(F)(F)F)c4)cc3c2)ccn1. The van der Waals surface area contributed by atoms with Crippen LogP contribution in [-0.2, 0) is 12.8 Å². The third-order valence-corrected chi connectivity index (χ3v) is 5.10. The van der Waals surface area contributed by atoms with Crippen molar-refractivity contribution in [2.75, 3.05) is 11.1 Å². The van der Waals surface area contributed by atoms with Gasteiger partial charge in [-0.2, -0.15) is 13.2 Å². The smallest absolute Gasteiger partial charge is 0.416 e. The predicted octanol–water partition coefficient (Wildman–Crippen LogP) is 4.77. The van der Waals surface area contributed by atoms with E-state index in [1.165, 1.54) is 18.3 Å². The molecule has 178 valence electrons. The van der Waals surface area contributed by atoms with Gasteiger partial charge in [0.1, 0.15) is 18.1 Å². The number of benzene rings is 3. The molecule has 35 heavy (non-hydrogen) atoms. The van der Waals surface area contributed by atoms with Gasteiger partial charge >= 0.3 is 6.18 Å². The van der Waals surface area contributed by atoms with Gasteiger partial charge in [-0.05, 0) is 70.9 Å². The van der Waals surface area contributed by atoms with Gasteiger partial charge in [-0.15, -0.1) is 0 Å². The monoisotopic (exact) mass is 480 g/mol. The molecular weight excluding hydrogens is 461 g/mol. The molecule has 0 saturated carbocycles. The second kappa shape index (κ2) is 9.34. The van der Waals surface area contributed by atoms with Gasteiger partial charge in [-0.25, -0.2) is 0 Å². The van der Waals surface area contributed by atoms with E-state index in [2.05, 4.69) is 10.3 Å². The topological polar surface area (TPSA) is 120 Å². The number of carbonyl (C=O) groups excluding carboxylic acids is 2. The van der Waals surface area contributed by atoms with Crippen molar-refractivity contribution in [3.63, 3.8) is 0 Å². The van der Waals surface area contributed by atoms with E-state index in [1.54, 1.807) is 42.5 Å². The number of halogens is 3. The summed E-state index contributed by atoms with van der Waals surface area (Å²) in [5, 5.41) is 3.98. The van der Waals surface area contributed by atoms with E-state index in [4.69, 9.17) is 16.2 Å². The number of rotatable bonds is 6. The molecule has 4 aromatic rings. The number of amides is 2. The number of aromatic nitrogens is 1. The minimum Gasteiger partial charge on any atom is -0.489 e. The van der Waals surface area contributed by atoms with E-state index in [0.29, 0.717) is 16.7 Å². The lowest BCUT2D eigenvalue weighted by Crippen LogP contribution is -2.13. The van der Waals surface area contributed by atoms with Gasteiger partial charge in [0, 0.05) is 23.1 Å². The number of ether oxygens (including phenoxy) is 1. The van der Waals surface area contributed by atoms with Crippen LogP contribution in [0, 0.1) is 0 Å². The number of primary amides is 1. The number of anilines is 2. The molecule has 0 aliphatic rings. The number of alkyl halides is 3. The Morgan fingerprint density at radius 2 is 1.71 bits per heavy atom. The number of nitrogens with two attached hydrogens (primary N) is 2. The van der Waals surface area contributed by atoms with Crippen molar-refractivity contribution in [3.05, 3.63) is 95.3 Å². The number of nitrogen functional groups attached to an aromatic ring is 1. The fraction of sp³-hybridized carbons (Fsp3) is 0.0800. The first-order valence-electron chi connectivity index (χ1n) is 10.3. The molecule has 7 nitrogen and oxygen atoms in total. The van der Waals surface area contributed by atoms with Crippen molar-refractivity contribution in [1.29, 1.82) is 0 Å². The molecule has 0 atom stereocenters. The molecule has 0 spiro atoms. The molecule has 0 radical (unpaired) electrons. The maximum atomic E-state index is 13.0. The second-order valence-electron chi connectivity index (χ2n) is 7.72. The molecule has 0 saturated heterocycles. The molecule has 10 heteroatoms. The quantitative estimate of drug-likeness (QED) is 0.344. The average molecular weight is 480 g/mol. The Bertz CT molecular complexity index is 1440. The Hall–Kier alpha value is -4.60. The van der Waals surface area contributed by atoms with Crippen molar-refractivity contribution in [1.82, 2.24) is 4.98 Å². The highest BCUT2D eigenvalue weighted by Crippen LogP contribution is 2.33. The van der Waals surface area contributed by atoms with Gasteiger partial charge in [0.2, 0.25) is 0 Å². The Morgan fingerprint density at radius 1 is 0.943 bits per heavy atom. The van der Waals surface area contributed by atoms with Crippen LogP contribution in [0.4, 0.5) is 24.5 Å². The number of carbonyl (C=O) groups is 2. The number of hydrogen-bond acceptors (Lipinski definition) is 5. The molecule has 1 heterocycles. The Labute approximate surface area is 197 Å². The van der Waals surface area contributed by atoms with Gasteiger partial charge in [0.15, 0.2) is 0 Å². The third-order valence-electron chi connectivity index (χ3n) is 5.10. The van der Waals surface area contributed by atoms with Crippen LogP contribution in [0.15, 0.2) is 72.9 Å². The van der Waals surface area contributed by atoms with Gasteiger partial charge in [0.25, 0.3) is 11.8 Å². The fourth-order valence-corrected chi connectivity index (χ4v) is 3.41. The van der Waals surface area contributed by atoms with Crippen LogP contribution in [0.5, 0.6) is 5.75 Å². The zero-order chi connectivity index (χ0) is 25.2. The summed E-state index contributed by atoms with van der Waals surface area (Å²) in [6.07, 6.45) is -3.13. The van der Waals surface area contributed by atoms with Crippen LogP contribution < -0.4 is 21.5 Å². The van der Waals surface area contributed by atoms with Crippen molar-refractivity contribution >= 4 is 34.0 Å².